The highest BCUT2D eigenvalue weighted by molar-refractivity contribution is 6.14. The second-order valence-electron chi connectivity index (χ2n) is 23.2. The van der Waals surface area contributed by atoms with E-state index < -0.39 is 5.41 Å². The molecule has 3 aliphatic carbocycles. The van der Waals surface area contributed by atoms with Crippen LogP contribution in [-0.4, -0.2) is 4.57 Å². The number of aromatic nitrogens is 1. The fraction of sp³-hybridized carbons (Fsp3) is 0.120. The maximum Gasteiger partial charge on any atom is 0.0725 e. The van der Waals surface area contributed by atoms with E-state index in [0.717, 1.165) is 17.1 Å². The Labute approximate surface area is 452 Å². The second-order valence-corrected chi connectivity index (χ2v) is 23.2. The summed E-state index contributed by atoms with van der Waals surface area (Å²) in [5.74, 6) is 0. The number of anilines is 3. The van der Waals surface area contributed by atoms with Crippen LogP contribution in [0.25, 0.3) is 83.1 Å². The van der Waals surface area contributed by atoms with Crippen LogP contribution in [0.5, 0.6) is 0 Å². The lowest BCUT2D eigenvalue weighted by molar-refractivity contribution is 0.594. The van der Waals surface area contributed by atoms with Gasteiger partial charge in [-0.25, -0.2) is 0 Å². The van der Waals surface area contributed by atoms with Crippen molar-refractivity contribution in [2.24, 2.45) is 0 Å². The zero-order chi connectivity index (χ0) is 52.0. The molecule has 0 fully saturated rings. The van der Waals surface area contributed by atoms with Gasteiger partial charge in [-0.05, 0) is 150 Å². The van der Waals surface area contributed by atoms with Crippen molar-refractivity contribution in [2.75, 3.05) is 4.90 Å². The van der Waals surface area contributed by atoms with Gasteiger partial charge in [0.15, 0.2) is 0 Å². The zero-order valence-corrected chi connectivity index (χ0v) is 44.5. The summed E-state index contributed by atoms with van der Waals surface area (Å²) in [6.45, 7) is 14.2. The van der Waals surface area contributed by atoms with Gasteiger partial charge in [-0.15, -0.1) is 0 Å². The summed E-state index contributed by atoms with van der Waals surface area (Å²) >= 11 is 0. The topological polar surface area (TPSA) is 8.17 Å². The van der Waals surface area contributed by atoms with E-state index in [1.807, 2.05) is 0 Å². The molecule has 0 radical (unpaired) electrons. The van der Waals surface area contributed by atoms with Gasteiger partial charge in [-0.2, -0.15) is 0 Å². The molecule has 0 atom stereocenters. The Hall–Kier alpha value is -8.98. The fourth-order valence-electron chi connectivity index (χ4n) is 14.5. The Bertz CT molecular complexity index is 4360. The third-order valence-electron chi connectivity index (χ3n) is 17.6. The largest absolute Gasteiger partial charge is 0.310 e. The maximum absolute atomic E-state index is 2.62. The van der Waals surface area contributed by atoms with Crippen molar-refractivity contribution in [1.82, 2.24) is 4.57 Å². The molecule has 0 bridgehead atoms. The van der Waals surface area contributed by atoms with Gasteiger partial charge in [0.1, 0.15) is 0 Å². The molecule has 0 saturated carbocycles. The van der Waals surface area contributed by atoms with E-state index in [0.29, 0.717) is 0 Å². The molecule has 0 saturated heterocycles. The average Bonchev–Trinajstić information content (AvgIpc) is 4.15. The summed E-state index contributed by atoms with van der Waals surface area (Å²) in [7, 11) is 0. The number of hydrogen-bond donors (Lipinski definition) is 0. The highest BCUT2D eigenvalue weighted by atomic mass is 15.1. The van der Waals surface area contributed by atoms with Crippen LogP contribution in [0.15, 0.2) is 243 Å². The van der Waals surface area contributed by atoms with Crippen LogP contribution in [0.4, 0.5) is 17.1 Å². The molecule has 1 spiro atoms. The van der Waals surface area contributed by atoms with Crippen LogP contribution in [0, 0.1) is 6.92 Å². The number of aryl methyl sites for hydroxylation is 1. The number of hydrogen-bond acceptors (Lipinski definition) is 1. The van der Waals surface area contributed by atoms with Crippen molar-refractivity contribution < 1.29 is 0 Å². The van der Waals surface area contributed by atoms with Crippen molar-refractivity contribution in [3.8, 4) is 61.3 Å². The molecule has 11 aromatic carbocycles. The van der Waals surface area contributed by atoms with E-state index in [4.69, 9.17) is 0 Å². The zero-order valence-electron chi connectivity index (χ0n) is 44.5. The molecule has 77 heavy (non-hydrogen) atoms. The van der Waals surface area contributed by atoms with Crippen molar-refractivity contribution in [2.45, 2.75) is 57.8 Å². The lowest BCUT2D eigenvalue weighted by Gasteiger charge is -2.34. The minimum Gasteiger partial charge on any atom is -0.310 e. The number of benzene rings is 11. The quantitative estimate of drug-likeness (QED) is 0.161. The van der Waals surface area contributed by atoms with E-state index >= 15 is 0 Å². The molecule has 368 valence electrons. The second kappa shape index (κ2) is 16.5. The first-order chi connectivity index (χ1) is 37.5. The summed E-state index contributed by atoms with van der Waals surface area (Å²) < 4.78 is 2.62. The van der Waals surface area contributed by atoms with E-state index in [-0.39, 0.29) is 10.8 Å². The summed E-state index contributed by atoms with van der Waals surface area (Å²) in [5.41, 5.74) is 29.6. The SMILES string of the molecule is Cc1cccc2c1c1ccc(N(c3ccccc3)c3ccc4c(c3)C(C)(C)c3ccccc3-4)c(C(C)(C)C)c1n2-c1ccc(-c2cccc3c2-c2ccccc2C32c3ccccc3-c3ccccc32)cc1-c1ccccc1. The van der Waals surface area contributed by atoms with Gasteiger partial charge in [0.25, 0.3) is 0 Å². The first-order valence-electron chi connectivity index (χ1n) is 27.3. The molecule has 1 heterocycles. The average molecular weight is 987 g/mol. The van der Waals surface area contributed by atoms with Gasteiger partial charge in [0.2, 0.25) is 0 Å². The van der Waals surface area contributed by atoms with Crippen molar-refractivity contribution in [3.05, 3.63) is 287 Å². The van der Waals surface area contributed by atoms with Crippen LogP contribution in [0.2, 0.25) is 0 Å². The van der Waals surface area contributed by atoms with Crippen LogP contribution in [-0.2, 0) is 16.2 Å². The highest BCUT2D eigenvalue weighted by Crippen LogP contribution is 2.64. The lowest BCUT2D eigenvalue weighted by Crippen LogP contribution is -2.25. The van der Waals surface area contributed by atoms with Crippen molar-refractivity contribution in [3.63, 3.8) is 0 Å². The van der Waals surface area contributed by atoms with Gasteiger partial charge in [-0.3, -0.25) is 0 Å². The minimum absolute atomic E-state index is 0.150. The monoisotopic (exact) mass is 986 g/mol. The Balaban J connectivity index is 0.994. The normalized spacial score (nSPS) is 14.1. The highest BCUT2D eigenvalue weighted by Gasteiger charge is 2.52. The first-order valence-corrected chi connectivity index (χ1v) is 27.3. The molecule has 0 N–H and O–H groups in total. The van der Waals surface area contributed by atoms with Crippen LogP contribution >= 0.6 is 0 Å². The van der Waals surface area contributed by atoms with Gasteiger partial charge >= 0.3 is 0 Å². The van der Waals surface area contributed by atoms with Crippen LogP contribution in [0.3, 0.4) is 0 Å². The van der Waals surface area contributed by atoms with E-state index in [1.54, 1.807) is 0 Å². The smallest absolute Gasteiger partial charge is 0.0725 e. The third-order valence-corrected chi connectivity index (χ3v) is 17.6. The Morgan fingerprint density at radius 1 is 0.403 bits per heavy atom. The Morgan fingerprint density at radius 3 is 1.65 bits per heavy atom. The van der Waals surface area contributed by atoms with Crippen molar-refractivity contribution >= 4 is 38.9 Å². The molecular weight excluding hydrogens is 929 g/mol. The maximum atomic E-state index is 2.62. The third kappa shape index (κ3) is 6.30. The van der Waals surface area contributed by atoms with Gasteiger partial charge < -0.3 is 9.47 Å². The van der Waals surface area contributed by atoms with Crippen molar-refractivity contribution in [1.29, 1.82) is 0 Å². The fourth-order valence-corrected chi connectivity index (χ4v) is 14.5. The van der Waals surface area contributed by atoms with Gasteiger partial charge in [0.05, 0.1) is 27.8 Å². The predicted octanol–water partition coefficient (Wildman–Crippen LogP) is 19.8. The van der Waals surface area contributed by atoms with Crippen LogP contribution in [0.1, 0.15) is 79.1 Å². The van der Waals surface area contributed by atoms with Gasteiger partial charge in [0, 0.05) is 38.7 Å². The number of nitrogens with zero attached hydrogens (tertiary/aromatic N) is 2. The van der Waals surface area contributed by atoms with E-state index in [2.05, 4.69) is 294 Å². The first kappa shape index (κ1) is 45.4. The molecular formula is C75H58N2. The van der Waals surface area contributed by atoms with Gasteiger partial charge in [-0.1, -0.05) is 229 Å². The predicted molar refractivity (Wildman–Crippen MR) is 324 cm³/mol. The Kier molecular flexibility index (Phi) is 9.74. The molecule has 3 aliphatic rings. The number of rotatable bonds is 6. The molecule has 0 unspecified atom stereocenters. The summed E-state index contributed by atoms with van der Waals surface area (Å²) in [5, 5.41) is 2.54. The summed E-state index contributed by atoms with van der Waals surface area (Å²) in [6, 6.07) is 91.6. The molecule has 1 aromatic heterocycles. The molecule has 12 aromatic rings. The molecule has 2 heteroatoms. The molecule has 0 aliphatic heterocycles. The number of fused-ring (bicyclic) bond motifs is 16. The summed E-state index contributed by atoms with van der Waals surface area (Å²) in [4.78, 5) is 2.52. The molecule has 2 nitrogen and oxygen atoms in total. The van der Waals surface area contributed by atoms with E-state index in [9.17, 15) is 0 Å². The van der Waals surface area contributed by atoms with Crippen LogP contribution < -0.4 is 4.90 Å². The standard InChI is InChI=1S/C75H58N2/c1-47-23-21-38-67-69(47)58-42-44-68(76(50-26-11-8-12-27-50)51-40-41-56-53-28-13-17-33-60(53)74(5,6)65(56)46-51)71(73(2,3)4)72(58)77(67)66-43-39-49(45-59(66)48-24-9-7-10-25-48)52-32-22-37-64-70(52)57-31-16-20-36-63(57)75(64)61-34-18-14-29-54(61)55-30-15-19-35-62(55)75/h7-46H,1-6H3. The number of para-hydroxylation sites is 1. The molecule has 15 rings (SSSR count). The van der Waals surface area contributed by atoms with E-state index in [1.165, 1.54) is 128 Å². The summed E-state index contributed by atoms with van der Waals surface area (Å²) in [6.07, 6.45) is 0. The minimum atomic E-state index is -0.423. The molecule has 0 amide bonds. The lowest BCUT2D eigenvalue weighted by atomic mass is 9.70. The Morgan fingerprint density at radius 2 is 0.961 bits per heavy atom.